The Bertz CT molecular complexity index is 1210. The number of aromatic amines is 1. The summed E-state index contributed by atoms with van der Waals surface area (Å²) < 4.78 is 2.06. The van der Waals surface area contributed by atoms with Crippen LogP contribution in [0.5, 0.6) is 0 Å². The van der Waals surface area contributed by atoms with Gasteiger partial charge in [0.05, 0.1) is 22.8 Å². The summed E-state index contributed by atoms with van der Waals surface area (Å²) in [7, 11) is 0. The maximum absolute atomic E-state index is 12.9. The summed E-state index contributed by atoms with van der Waals surface area (Å²) >= 11 is 1.41. The number of hydrogen-bond acceptors (Lipinski definition) is 5. The first-order chi connectivity index (χ1) is 16.0. The minimum Gasteiger partial charge on any atom is -0.345 e. The van der Waals surface area contributed by atoms with Gasteiger partial charge in [-0.05, 0) is 43.9 Å². The van der Waals surface area contributed by atoms with E-state index < -0.39 is 0 Å². The maximum atomic E-state index is 12.9. The number of nitrogens with one attached hydrogen (secondary N) is 2. The van der Waals surface area contributed by atoms with Crippen LogP contribution in [0.25, 0.3) is 22.4 Å². The van der Waals surface area contributed by atoms with Gasteiger partial charge < -0.3 is 14.9 Å². The van der Waals surface area contributed by atoms with Crippen LogP contribution < -0.4 is 5.32 Å². The number of carbonyl (C=O) groups excluding carboxylic acids is 1. The molecule has 2 N–H and O–H groups in total. The number of amides is 1. The minimum absolute atomic E-state index is 0.0470. The fraction of sp³-hybridized carbons (Fsp3) is 0.360. The Labute approximate surface area is 198 Å². The predicted octanol–water partition coefficient (Wildman–Crippen LogP) is 5.15. The van der Waals surface area contributed by atoms with Crippen LogP contribution in [0.15, 0.2) is 53.7 Å². The van der Waals surface area contributed by atoms with E-state index in [4.69, 9.17) is 4.98 Å². The van der Waals surface area contributed by atoms with E-state index in [1.54, 1.807) is 0 Å². The lowest BCUT2D eigenvalue weighted by molar-refractivity contribution is -0.119. The molecule has 0 spiro atoms. The zero-order valence-corrected chi connectivity index (χ0v) is 20.3. The van der Waals surface area contributed by atoms with Crippen molar-refractivity contribution in [3.8, 4) is 11.4 Å². The number of aryl methyl sites for hydroxylation is 1. The molecule has 33 heavy (non-hydrogen) atoms. The van der Waals surface area contributed by atoms with Gasteiger partial charge in [-0.1, -0.05) is 62.0 Å². The van der Waals surface area contributed by atoms with Crippen molar-refractivity contribution in [2.24, 2.45) is 5.92 Å². The van der Waals surface area contributed by atoms with Crippen LogP contribution in [0.1, 0.15) is 44.6 Å². The summed E-state index contributed by atoms with van der Waals surface area (Å²) in [6.07, 6.45) is 0.804. The van der Waals surface area contributed by atoms with E-state index in [1.165, 1.54) is 11.8 Å². The number of carbonyl (C=O) groups is 1. The van der Waals surface area contributed by atoms with Crippen molar-refractivity contribution < 1.29 is 4.79 Å². The van der Waals surface area contributed by atoms with Crippen LogP contribution in [0.4, 0.5) is 0 Å². The molecule has 0 radical (unpaired) electrons. The van der Waals surface area contributed by atoms with Gasteiger partial charge in [-0.2, -0.15) is 0 Å². The first kappa shape index (κ1) is 23.0. The number of rotatable bonds is 9. The van der Waals surface area contributed by atoms with Gasteiger partial charge in [0.15, 0.2) is 11.0 Å². The topological polar surface area (TPSA) is 88.5 Å². The molecule has 4 aromatic rings. The van der Waals surface area contributed by atoms with Crippen molar-refractivity contribution in [2.75, 3.05) is 5.75 Å². The summed E-state index contributed by atoms with van der Waals surface area (Å²) in [6.45, 7) is 9.16. The molecule has 1 amide bonds. The number of imidazole rings is 1. The first-order valence-corrected chi connectivity index (χ1v) is 12.3. The van der Waals surface area contributed by atoms with Crippen molar-refractivity contribution in [1.82, 2.24) is 30.0 Å². The summed E-state index contributed by atoms with van der Waals surface area (Å²) in [5, 5.41) is 12.7. The van der Waals surface area contributed by atoms with Crippen molar-refractivity contribution in [3.05, 3.63) is 59.9 Å². The van der Waals surface area contributed by atoms with E-state index in [-0.39, 0.29) is 17.7 Å². The number of H-pyrrole nitrogens is 1. The number of fused-ring (bicyclic) bond motifs is 1. The van der Waals surface area contributed by atoms with Gasteiger partial charge in [0.25, 0.3) is 0 Å². The summed E-state index contributed by atoms with van der Waals surface area (Å²) in [4.78, 5) is 21.0. The third kappa shape index (κ3) is 5.27. The van der Waals surface area contributed by atoms with Crippen LogP contribution in [0.3, 0.4) is 0 Å². The second-order valence-corrected chi connectivity index (χ2v) is 9.49. The Morgan fingerprint density at radius 2 is 1.88 bits per heavy atom. The Morgan fingerprint density at radius 3 is 2.61 bits per heavy atom. The quantitative estimate of drug-likeness (QED) is 0.336. The van der Waals surface area contributed by atoms with Crippen LogP contribution in [0, 0.1) is 12.8 Å². The average molecular weight is 463 g/mol. The first-order valence-electron chi connectivity index (χ1n) is 11.3. The smallest absolute Gasteiger partial charge is 0.231 e. The Balaban J connectivity index is 1.47. The highest BCUT2D eigenvalue weighted by Crippen LogP contribution is 2.27. The molecule has 0 fully saturated rings. The largest absolute Gasteiger partial charge is 0.345 e. The second-order valence-electron chi connectivity index (χ2n) is 8.54. The fourth-order valence-corrected chi connectivity index (χ4v) is 4.73. The average Bonchev–Trinajstić information content (AvgIpc) is 3.41. The number of para-hydroxylation sites is 2. The second kappa shape index (κ2) is 10.2. The highest BCUT2D eigenvalue weighted by molar-refractivity contribution is 7.99. The van der Waals surface area contributed by atoms with Gasteiger partial charge in [0, 0.05) is 12.1 Å². The van der Waals surface area contributed by atoms with Gasteiger partial charge >= 0.3 is 0 Å². The zero-order chi connectivity index (χ0) is 23.4. The molecule has 2 aromatic carbocycles. The number of nitrogens with zero attached hydrogens (tertiary/aromatic N) is 4. The molecule has 2 heterocycles. The van der Waals surface area contributed by atoms with Crippen LogP contribution >= 0.6 is 11.8 Å². The van der Waals surface area contributed by atoms with E-state index >= 15 is 0 Å². The molecular weight excluding hydrogens is 432 g/mol. The summed E-state index contributed by atoms with van der Waals surface area (Å²) in [5.41, 5.74) is 4.09. The third-order valence-corrected chi connectivity index (χ3v) is 6.50. The Hall–Kier alpha value is -3.13. The molecule has 8 heteroatoms. The molecule has 7 nitrogen and oxygen atoms in total. The number of aromatic nitrogens is 5. The minimum atomic E-state index is -0.169. The van der Waals surface area contributed by atoms with Gasteiger partial charge in [0.1, 0.15) is 5.82 Å². The van der Waals surface area contributed by atoms with Crippen molar-refractivity contribution in [1.29, 1.82) is 0 Å². The molecular formula is C25H30N6OS. The molecule has 0 aliphatic rings. The molecule has 2 aromatic heterocycles. The van der Waals surface area contributed by atoms with Gasteiger partial charge in [-0.3, -0.25) is 4.79 Å². The standard InChI is InChI=1S/C25H30N6OS/c1-5-31-24(18-11-7-6-10-17(18)4)29-30-25(31)33-15-22(32)26-21(14-16(2)3)23-27-19-12-8-9-13-20(19)28-23/h6-13,16,21H,5,14-15H2,1-4H3,(H,26,32)(H,27,28). The molecule has 0 saturated carbocycles. The number of benzene rings is 2. The molecule has 0 aliphatic heterocycles. The molecule has 0 saturated heterocycles. The lowest BCUT2D eigenvalue weighted by Gasteiger charge is -2.18. The van der Waals surface area contributed by atoms with Gasteiger partial charge in [-0.15, -0.1) is 10.2 Å². The van der Waals surface area contributed by atoms with E-state index in [9.17, 15) is 4.79 Å². The lowest BCUT2D eigenvalue weighted by atomic mass is 10.0. The molecule has 172 valence electrons. The molecule has 0 bridgehead atoms. The van der Waals surface area contributed by atoms with Crippen molar-refractivity contribution in [3.63, 3.8) is 0 Å². The molecule has 4 rings (SSSR count). The third-order valence-electron chi connectivity index (χ3n) is 5.53. The maximum Gasteiger partial charge on any atom is 0.231 e. The monoisotopic (exact) mass is 462 g/mol. The number of thioether (sulfide) groups is 1. The lowest BCUT2D eigenvalue weighted by Crippen LogP contribution is -2.31. The fourth-order valence-electron chi connectivity index (χ4n) is 3.92. The van der Waals surface area contributed by atoms with Crippen LogP contribution in [-0.4, -0.2) is 36.4 Å². The summed E-state index contributed by atoms with van der Waals surface area (Å²) in [6, 6.07) is 15.9. The Kier molecular flexibility index (Phi) is 7.13. The Morgan fingerprint density at radius 1 is 1.12 bits per heavy atom. The molecule has 1 atom stereocenters. The number of hydrogen-bond donors (Lipinski definition) is 2. The summed E-state index contributed by atoms with van der Waals surface area (Å²) in [5.74, 6) is 2.26. The normalized spacial score (nSPS) is 12.4. The van der Waals surface area contributed by atoms with Crippen molar-refractivity contribution >= 4 is 28.7 Å². The van der Waals surface area contributed by atoms with Crippen LogP contribution in [-0.2, 0) is 11.3 Å². The van der Waals surface area contributed by atoms with E-state index in [1.807, 2.05) is 36.4 Å². The van der Waals surface area contributed by atoms with E-state index in [0.29, 0.717) is 5.92 Å². The predicted molar refractivity (Wildman–Crippen MR) is 133 cm³/mol. The molecule has 1 unspecified atom stereocenters. The molecule has 0 aliphatic carbocycles. The van der Waals surface area contributed by atoms with Crippen molar-refractivity contribution in [2.45, 2.75) is 51.9 Å². The SMILES string of the molecule is CCn1c(SCC(=O)NC(CC(C)C)c2nc3ccccc3[nH]2)nnc1-c1ccccc1C. The van der Waals surface area contributed by atoms with Crippen LogP contribution in [0.2, 0.25) is 0 Å². The zero-order valence-electron chi connectivity index (χ0n) is 19.5. The van der Waals surface area contributed by atoms with Gasteiger partial charge in [-0.25, -0.2) is 4.98 Å². The highest BCUT2D eigenvalue weighted by Gasteiger charge is 2.21. The van der Waals surface area contributed by atoms with E-state index in [0.717, 1.165) is 51.9 Å². The van der Waals surface area contributed by atoms with E-state index in [2.05, 4.69) is 64.9 Å². The highest BCUT2D eigenvalue weighted by atomic mass is 32.2. The van der Waals surface area contributed by atoms with Gasteiger partial charge in [0.2, 0.25) is 5.91 Å².